The minimum atomic E-state index is -0.113. The molecule has 0 aliphatic carbocycles. The van der Waals surface area contributed by atoms with Crippen LogP contribution >= 0.6 is 24.4 Å². The molecule has 0 spiro atoms. The van der Waals surface area contributed by atoms with Gasteiger partial charge in [0.1, 0.15) is 5.75 Å². The molecule has 0 fully saturated rings. The van der Waals surface area contributed by atoms with Gasteiger partial charge < -0.3 is 10.2 Å². The molecule has 0 radical (unpaired) electrons. The Morgan fingerprint density at radius 3 is 2.56 bits per heavy atom. The average Bonchev–Trinajstić information content (AvgIpc) is 2.65. The van der Waals surface area contributed by atoms with Crippen LogP contribution in [0.5, 0.6) is 11.5 Å². The predicted molar refractivity (Wildman–Crippen MR) is 105 cm³/mol. The molecule has 3 rings (SSSR count). The number of phenols is 2. The number of pyridine rings is 1. The number of benzene rings is 2. The molecule has 1 aromatic heterocycles. The van der Waals surface area contributed by atoms with E-state index in [1.807, 2.05) is 32.0 Å². The summed E-state index contributed by atoms with van der Waals surface area (Å²) >= 11 is 3.24. The topological polar surface area (TPSA) is 71.7 Å². The van der Waals surface area contributed by atoms with Crippen LogP contribution in [0.4, 0.5) is 0 Å². The fraction of sp³-hybridized carbons (Fsp3) is 0.105. The van der Waals surface area contributed by atoms with Crippen molar-refractivity contribution in [2.75, 3.05) is 0 Å². The lowest BCUT2D eigenvalue weighted by atomic mass is 10.1. The number of rotatable bonds is 3. The highest BCUT2D eigenvalue weighted by atomic mass is 79.9. The zero-order valence-corrected chi connectivity index (χ0v) is 16.3. The third-order valence-corrected chi connectivity index (χ3v) is 4.49. The van der Waals surface area contributed by atoms with Gasteiger partial charge in [-0.05, 0) is 52.3 Å². The normalized spacial score (nSPS) is 10.8. The molecule has 4 nitrogen and oxygen atoms in total. The standard InChI is InChI=1S/C17H11BrNO3P.C2H6/c18-14-9-13(23-22)8-11(17(14)21)5-7-12-6-4-10-2-1-3-15(20)16(10)19-12;1-2/h1-9,20-21H;1-2H3/p+1/b7-5+;. The van der Waals surface area contributed by atoms with E-state index in [9.17, 15) is 14.8 Å². The van der Waals surface area contributed by atoms with Gasteiger partial charge in [0.2, 0.25) is 5.69 Å². The third-order valence-electron chi connectivity index (χ3n) is 3.41. The number of aromatic amines is 1. The van der Waals surface area contributed by atoms with Gasteiger partial charge in [-0.2, -0.15) is 0 Å². The molecule has 128 valence electrons. The minimum absolute atomic E-state index is 0.0808. The first kappa shape index (κ1) is 19.1. The fourth-order valence-electron chi connectivity index (χ4n) is 2.26. The maximum absolute atomic E-state index is 11.0. The Morgan fingerprint density at radius 1 is 1.08 bits per heavy atom. The van der Waals surface area contributed by atoms with E-state index in [4.69, 9.17) is 0 Å². The summed E-state index contributed by atoms with van der Waals surface area (Å²) in [5.74, 6) is 0.257. The molecule has 0 unspecified atom stereocenters. The van der Waals surface area contributed by atoms with Crippen LogP contribution in [0.25, 0.3) is 23.1 Å². The lowest BCUT2D eigenvalue weighted by Crippen LogP contribution is -2.08. The first-order valence-corrected chi connectivity index (χ1v) is 9.37. The van der Waals surface area contributed by atoms with Crippen molar-refractivity contribution in [3.8, 4) is 11.5 Å². The van der Waals surface area contributed by atoms with Gasteiger partial charge in [-0.25, -0.2) is 4.98 Å². The quantitative estimate of drug-likeness (QED) is 0.591. The number of nitrogens with one attached hydrogen (secondary N) is 1. The molecule has 3 aromatic rings. The SMILES string of the molecule is CC.O=Pc1cc(Br)c(O)c(/C=C/c2ccc3cccc(O)c3[nH+]2)c1. The molecule has 6 heteroatoms. The van der Waals surface area contributed by atoms with Crippen molar-refractivity contribution in [1.29, 1.82) is 0 Å². The monoisotopic (exact) mass is 418 g/mol. The van der Waals surface area contributed by atoms with Gasteiger partial charge in [-0.3, -0.25) is 4.57 Å². The van der Waals surface area contributed by atoms with Crippen molar-refractivity contribution in [2.24, 2.45) is 0 Å². The van der Waals surface area contributed by atoms with Crippen LogP contribution in [0.3, 0.4) is 0 Å². The molecule has 0 aliphatic rings. The van der Waals surface area contributed by atoms with Crippen molar-refractivity contribution in [3.05, 3.63) is 58.2 Å². The van der Waals surface area contributed by atoms with Crippen LogP contribution in [-0.4, -0.2) is 10.2 Å². The highest BCUT2D eigenvalue weighted by Crippen LogP contribution is 2.29. The number of fused-ring (bicyclic) bond motifs is 1. The van der Waals surface area contributed by atoms with Gasteiger partial charge in [-0.15, -0.1) is 0 Å². The number of aromatic nitrogens is 1. The van der Waals surface area contributed by atoms with Gasteiger partial charge in [-0.1, -0.05) is 19.9 Å². The van der Waals surface area contributed by atoms with Crippen LogP contribution in [0.15, 0.2) is 46.9 Å². The Balaban J connectivity index is 0.00000109. The number of para-hydroxylation sites is 1. The number of hydrogen-bond acceptors (Lipinski definition) is 3. The van der Waals surface area contributed by atoms with Gasteiger partial charge in [0.15, 0.2) is 14.2 Å². The summed E-state index contributed by atoms with van der Waals surface area (Å²) in [6.07, 6.45) is 3.49. The highest BCUT2D eigenvalue weighted by Gasteiger charge is 2.09. The maximum atomic E-state index is 11.0. The summed E-state index contributed by atoms with van der Waals surface area (Å²) in [6, 6.07) is 12.3. The van der Waals surface area contributed by atoms with Gasteiger partial charge in [0, 0.05) is 23.0 Å². The Kier molecular flexibility index (Phi) is 6.68. The largest absolute Gasteiger partial charge is 0.506 e. The lowest BCUT2D eigenvalue weighted by molar-refractivity contribution is -0.348. The van der Waals surface area contributed by atoms with Crippen molar-refractivity contribution >= 4 is 52.7 Å². The van der Waals surface area contributed by atoms with Crippen molar-refractivity contribution in [1.82, 2.24) is 0 Å². The van der Waals surface area contributed by atoms with E-state index in [1.165, 1.54) is 0 Å². The second kappa shape index (κ2) is 8.75. The van der Waals surface area contributed by atoms with Crippen LogP contribution in [0, 0.1) is 0 Å². The number of phenolic OH excluding ortho intramolecular Hbond substituents is 2. The van der Waals surface area contributed by atoms with E-state index in [1.54, 1.807) is 36.4 Å². The third kappa shape index (κ3) is 4.44. The number of aromatic hydroxyl groups is 2. The van der Waals surface area contributed by atoms with Crippen molar-refractivity contribution < 1.29 is 19.8 Å². The molecule has 0 amide bonds. The van der Waals surface area contributed by atoms with Crippen molar-refractivity contribution in [3.63, 3.8) is 0 Å². The fourth-order valence-corrected chi connectivity index (χ4v) is 3.29. The Hall–Kier alpha value is -2.23. The van der Waals surface area contributed by atoms with E-state index < -0.39 is 0 Å². The van der Waals surface area contributed by atoms with Gasteiger partial charge in [0.25, 0.3) is 5.52 Å². The lowest BCUT2D eigenvalue weighted by Gasteiger charge is -2.02. The summed E-state index contributed by atoms with van der Waals surface area (Å²) in [7, 11) is -0.113. The molecule has 25 heavy (non-hydrogen) atoms. The highest BCUT2D eigenvalue weighted by molar-refractivity contribution is 9.10. The van der Waals surface area contributed by atoms with E-state index in [-0.39, 0.29) is 20.0 Å². The average molecular weight is 419 g/mol. The van der Waals surface area contributed by atoms with Crippen molar-refractivity contribution in [2.45, 2.75) is 13.8 Å². The molecule has 0 aliphatic heterocycles. The molecular formula is C19H18BrNO3P+. The summed E-state index contributed by atoms with van der Waals surface area (Å²) < 4.78 is 11.5. The van der Waals surface area contributed by atoms with Crippen LogP contribution in [-0.2, 0) is 4.57 Å². The first-order valence-electron chi connectivity index (χ1n) is 7.76. The second-order valence-electron chi connectivity index (χ2n) is 4.95. The summed E-state index contributed by atoms with van der Waals surface area (Å²) in [5.41, 5.74) is 1.95. The van der Waals surface area contributed by atoms with Crippen LogP contribution in [0.2, 0.25) is 0 Å². The van der Waals surface area contributed by atoms with Crippen LogP contribution < -0.4 is 10.3 Å². The van der Waals surface area contributed by atoms with E-state index in [0.717, 1.165) is 11.1 Å². The Morgan fingerprint density at radius 2 is 1.84 bits per heavy atom. The zero-order valence-electron chi connectivity index (χ0n) is 13.8. The van der Waals surface area contributed by atoms with Crippen LogP contribution in [0.1, 0.15) is 25.1 Å². The van der Waals surface area contributed by atoms with E-state index >= 15 is 0 Å². The molecule has 2 aromatic carbocycles. The Labute approximate surface area is 156 Å². The summed E-state index contributed by atoms with van der Waals surface area (Å²) in [5, 5.41) is 21.4. The predicted octanol–water partition coefficient (Wildman–Crippen LogP) is 4.94. The Bertz CT molecular complexity index is 941. The minimum Gasteiger partial charge on any atom is -0.506 e. The molecule has 0 saturated carbocycles. The smallest absolute Gasteiger partial charge is 0.253 e. The maximum Gasteiger partial charge on any atom is 0.253 e. The second-order valence-corrected chi connectivity index (χ2v) is 6.50. The molecule has 0 bridgehead atoms. The number of halogens is 1. The summed E-state index contributed by atoms with van der Waals surface area (Å²) in [6.45, 7) is 4.00. The number of H-pyrrole nitrogens is 1. The molecular weight excluding hydrogens is 401 g/mol. The van der Waals surface area contributed by atoms with Gasteiger partial charge in [0.05, 0.1) is 9.86 Å². The van der Waals surface area contributed by atoms with E-state index in [0.29, 0.717) is 20.9 Å². The number of hydrogen-bond donors (Lipinski definition) is 2. The summed E-state index contributed by atoms with van der Waals surface area (Å²) in [4.78, 5) is 3.13. The molecule has 0 saturated heterocycles. The first-order chi connectivity index (χ1) is 12.1. The van der Waals surface area contributed by atoms with Gasteiger partial charge >= 0.3 is 0 Å². The molecule has 0 atom stereocenters. The molecule has 3 N–H and O–H groups in total. The van der Waals surface area contributed by atoms with E-state index in [2.05, 4.69) is 20.9 Å². The molecule has 1 heterocycles. The zero-order chi connectivity index (χ0) is 18.4.